The summed E-state index contributed by atoms with van der Waals surface area (Å²) in [5.74, 6) is 0.170. The van der Waals surface area contributed by atoms with E-state index in [9.17, 15) is 9.18 Å². The molecule has 0 saturated carbocycles. The normalized spacial score (nSPS) is 16.4. The number of benzene rings is 2. The third-order valence-electron chi connectivity index (χ3n) is 4.44. The minimum atomic E-state index is -0.306. The molecule has 1 atom stereocenters. The fourth-order valence-corrected chi connectivity index (χ4v) is 4.78. The number of carbonyl (C=O) groups is 1. The van der Waals surface area contributed by atoms with Crippen LogP contribution in [0.3, 0.4) is 0 Å². The first-order valence-electron chi connectivity index (χ1n) is 9.00. The number of fused-ring (bicyclic) bond motifs is 1. The molecule has 1 amide bonds. The Labute approximate surface area is 171 Å². The Bertz CT molecular complexity index is 975. The highest BCUT2D eigenvalue weighted by atomic mass is 32.2. The summed E-state index contributed by atoms with van der Waals surface area (Å²) in [5, 5.41) is 2.93. The van der Waals surface area contributed by atoms with E-state index in [0.717, 1.165) is 17.0 Å². The lowest BCUT2D eigenvalue weighted by Crippen LogP contribution is -2.32. The van der Waals surface area contributed by atoms with Gasteiger partial charge in [0.2, 0.25) is 0 Å². The maximum atomic E-state index is 13.1. The van der Waals surface area contributed by atoms with Gasteiger partial charge < -0.3 is 9.64 Å². The molecule has 0 radical (unpaired) electrons. The molecule has 1 aliphatic rings. The minimum Gasteiger partial charge on any atom is -0.486 e. The molecule has 0 bridgehead atoms. The summed E-state index contributed by atoms with van der Waals surface area (Å²) in [4.78, 5) is 20.5. The van der Waals surface area contributed by atoms with E-state index in [2.05, 4.69) is 18.0 Å². The summed E-state index contributed by atoms with van der Waals surface area (Å²) in [7, 11) is 0. The number of hydrogen-bond donors (Lipinski definition) is 0. The summed E-state index contributed by atoms with van der Waals surface area (Å²) in [5.41, 5.74) is 1.37. The number of thiazole rings is 1. The zero-order valence-corrected chi connectivity index (χ0v) is 16.9. The van der Waals surface area contributed by atoms with Crippen molar-refractivity contribution in [2.45, 2.75) is 30.1 Å². The van der Waals surface area contributed by atoms with Crippen LogP contribution in [0.25, 0.3) is 0 Å². The van der Waals surface area contributed by atoms with Gasteiger partial charge in [-0.3, -0.25) is 4.79 Å². The molecule has 144 valence electrons. The van der Waals surface area contributed by atoms with Crippen LogP contribution in [0, 0.1) is 5.82 Å². The first-order chi connectivity index (χ1) is 13.6. The number of halogens is 1. The zero-order valence-electron chi connectivity index (χ0n) is 15.3. The molecule has 0 spiro atoms. The van der Waals surface area contributed by atoms with Crippen molar-refractivity contribution in [1.29, 1.82) is 0 Å². The SMILES string of the molecule is CC1CCN(C(=O)c2csc(COc3ccc(F)cc3)n2)c2ccccc2S1. The van der Waals surface area contributed by atoms with E-state index in [1.807, 2.05) is 23.1 Å². The number of nitrogens with zero attached hydrogens (tertiary/aromatic N) is 2. The van der Waals surface area contributed by atoms with Crippen LogP contribution in [0.2, 0.25) is 0 Å². The lowest BCUT2D eigenvalue weighted by Gasteiger charge is -2.21. The Balaban J connectivity index is 1.49. The van der Waals surface area contributed by atoms with Crippen molar-refractivity contribution in [3.8, 4) is 5.75 Å². The Morgan fingerprint density at radius 2 is 2.04 bits per heavy atom. The molecule has 0 N–H and O–H groups in total. The van der Waals surface area contributed by atoms with Gasteiger partial charge in [0.05, 0.1) is 5.69 Å². The van der Waals surface area contributed by atoms with Gasteiger partial charge >= 0.3 is 0 Å². The summed E-state index contributed by atoms with van der Waals surface area (Å²) < 4.78 is 18.6. The molecule has 4 rings (SSSR count). The highest BCUT2D eigenvalue weighted by Gasteiger charge is 2.26. The first-order valence-corrected chi connectivity index (χ1v) is 10.8. The van der Waals surface area contributed by atoms with Crippen LogP contribution >= 0.6 is 23.1 Å². The van der Waals surface area contributed by atoms with E-state index in [0.29, 0.717) is 28.2 Å². The monoisotopic (exact) mass is 414 g/mol. The van der Waals surface area contributed by atoms with Gasteiger partial charge in [0.25, 0.3) is 5.91 Å². The minimum absolute atomic E-state index is 0.0913. The Hall–Kier alpha value is -2.38. The number of rotatable bonds is 4. The Kier molecular flexibility index (Phi) is 5.64. The predicted octanol–water partition coefficient (Wildman–Crippen LogP) is 5.39. The number of hydrogen-bond acceptors (Lipinski definition) is 5. The summed E-state index contributed by atoms with van der Waals surface area (Å²) in [6, 6.07) is 13.8. The molecule has 28 heavy (non-hydrogen) atoms. The number of anilines is 1. The standard InChI is InChI=1S/C21H19FN2O2S2/c1-14-10-11-24(18-4-2-3-5-19(18)28-14)21(25)17-13-27-20(23-17)12-26-16-8-6-15(22)7-9-16/h2-9,13-14H,10-12H2,1H3. The van der Waals surface area contributed by atoms with Gasteiger partial charge in [0.1, 0.15) is 28.9 Å². The van der Waals surface area contributed by atoms with E-state index >= 15 is 0 Å². The van der Waals surface area contributed by atoms with E-state index in [1.54, 1.807) is 29.3 Å². The van der Waals surface area contributed by atoms with Crippen LogP contribution in [-0.4, -0.2) is 22.7 Å². The number of aromatic nitrogens is 1. The van der Waals surface area contributed by atoms with Crippen LogP contribution in [0.4, 0.5) is 10.1 Å². The average Bonchev–Trinajstić information content (AvgIpc) is 3.10. The molecule has 0 saturated heterocycles. The van der Waals surface area contributed by atoms with E-state index in [-0.39, 0.29) is 18.3 Å². The smallest absolute Gasteiger partial charge is 0.277 e. The number of carbonyl (C=O) groups excluding carboxylic acids is 1. The molecule has 0 fully saturated rings. The third kappa shape index (κ3) is 4.20. The molecule has 1 unspecified atom stereocenters. The van der Waals surface area contributed by atoms with Crippen LogP contribution < -0.4 is 9.64 Å². The van der Waals surface area contributed by atoms with Crippen LogP contribution in [0.1, 0.15) is 28.8 Å². The molecule has 3 aromatic rings. The molecule has 1 aromatic heterocycles. The second-order valence-electron chi connectivity index (χ2n) is 6.51. The highest BCUT2D eigenvalue weighted by molar-refractivity contribution is 8.00. The van der Waals surface area contributed by atoms with Crippen molar-refractivity contribution >= 4 is 34.7 Å². The van der Waals surface area contributed by atoms with Gasteiger partial charge in [0, 0.05) is 22.1 Å². The van der Waals surface area contributed by atoms with Crippen LogP contribution in [0.5, 0.6) is 5.75 Å². The van der Waals surface area contributed by atoms with Crippen LogP contribution in [-0.2, 0) is 6.61 Å². The fourth-order valence-electron chi connectivity index (χ4n) is 2.99. The van der Waals surface area contributed by atoms with Gasteiger partial charge in [0.15, 0.2) is 0 Å². The largest absolute Gasteiger partial charge is 0.486 e. The lowest BCUT2D eigenvalue weighted by atomic mass is 10.2. The Morgan fingerprint density at radius 1 is 1.25 bits per heavy atom. The summed E-state index contributed by atoms with van der Waals surface area (Å²) >= 11 is 3.19. The second kappa shape index (κ2) is 8.32. The van der Waals surface area contributed by atoms with Gasteiger partial charge in [-0.2, -0.15) is 0 Å². The third-order valence-corrected chi connectivity index (χ3v) is 6.49. The summed E-state index contributed by atoms with van der Waals surface area (Å²) in [6.07, 6.45) is 0.926. The molecular formula is C21H19FN2O2S2. The molecule has 7 heteroatoms. The van der Waals surface area contributed by atoms with E-state index in [1.165, 1.54) is 23.5 Å². The average molecular weight is 415 g/mol. The maximum absolute atomic E-state index is 13.1. The van der Waals surface area contributed by atoms with Gasteiger partial charge in [-0.25, -0.2) is 9.37 Å². The van der Waals surface area contributed by atoms with E-state index < -0.39 is 0 Å². The van der Waals surface area contributed by atoms with Crippen molar-refractivity contribution < 1.29 is 13.9 Å². The van der Waals surface area contributed by atoms with Gasteiger partial charge in [-0.05, 0) is 42.8 Å². The number of para-hydroxylation sites is 1. The molecular weight excluding hydrogens is 395 g/mol. The molecule has 4 nitrogen and oxygen atoms in total. The van der Waals surface area contributed by atoms with Crippen molar-refractivity contribution in [2.24, 2.45) is 0 Å². The zero-order chi connectivity index (χ0) is 19.5. The van der Waals surface area contributed by atoms with Crippen molar-refractivity contribution in [3.63, 3.8) is 0 Å². The summed E-state index contributed by atoms with van der Waals surface area (Å²) in [6.45, 7) is 3.10. The lowest BCUT2D eigenvalue weighted by molar-refractivity contribution is 0.0982. The number of thioether (sulfide) groups is 1. The topological polar surface area (TPSA) is 42.4 Å². The molecule has 2 heterocycles. The van der Waals surface area contributed by atoms with Crippen molar-refractivity contribution in [2.75, 3.05) is 11.4 Å². The van der Waals surface area contributed by atoms with Crippen molar-refractivity contribution in [3.05, 3.63) is 70.4 Å². The van der Waals surface area contributed by atoms with Crippen molar-refractivity contribution in [1.82, 2.24) is 4.98 Å². The predicted molar refractivity (Wildman–Crippen MR) is 111 cm³/mol. The maximum Gasteiger partial charge on any atom is 0.277 e. The Morgan fingerprint density at radius 3 is 2.86 bits per heavy atom. The van der Waals surface area contributed by atoms with Gasteiger partial charge in [-0.1, -0.05) is 19.1 Å². The first kappa shape index (κ1) is 19.0. The second-order valence-corrected chi connectivity index (χ2v) is 8.93. The highest BCUT2D eigenvalue weighted by Crippen LogP contribution is 2.37. The fraction of sp³-hybridized carbons (Fsp3) is 0.238. The number of amides is 1. The van der Waals surface area contributed by atoms with Crippen LogP contribution in [0.15, 0.2) is 58.8 Å². The molecule has 0 aliphatic carbocycles. The van der Waals surface area contributed by atoms with E-state index in [4.69, 9.17) is 4.74 Å². The van der Waals surface area contributed by atoms with Gasteiger partial charge in [-0.15, -0.1) is 23.1 Å². The molecule has 1 aliphatic heterocycles. The molecule has 2 aromatic carbocycles. The quantitative estimate of drug-likeness (QED) is 0.574. The number of ether oxygens (including phenoxy) is 1.